The van der Waals surface area contributed by atoms with E-state index in [4.69, 9.17) is 19.5 Å². The molecule has 0 radical (unpaired) electrons. The molecule has 0 amide bonds. The molecule has 30 heavy (non-hydrogen) atoms. The summed E-state index contributed by atoms with van der Waals surface area (Å²) in [4.78, 5) is 9.90. The second-order valence-corrected chi connectivity index (χ2v) is 8.60. The summed E-state index contributed by atoms with van der Waals surface area (Å²) in [5.74, 6) is 2.10. The first-order valence-corrected chi connectivity index (χ1v) is 10.8. The first-order chi connectivity index (χ1) is 14.5. The van der Waals surface area contributed by atoms with Crippen molar-refractivity contribution in [1.29, 1.82) is 0 Å². The highest BCUT2D eigenvalue weighted by atomic mass is 16.5. The highest BCUT2D eigenvalue weighted by Crippen LogP contribution is 2.33. The van der Waals surface area contributed by atoms with Crippen LogP contribution in [0.3, 0.4) is 0 Å². The minimum atomic E-state index is 0.144. The quantitative estimate of drug-likeness (QED) is 0.650. The molecule has 0 N–H and O–H groups in total. The minimum absolute atomic E-state index is 0.144. The van der Waals surface area contributed by atoms with E-state index in [0.29, 0.717) is 36.8 Å². The zero-order valence-electron chi connectivity index (χ0n) is 18.2. The van der Waals surface area contributed by atoms with Gasteiger partial charge in [0.2, 0.25) is 11.8 Å². The van der Waals surface area contributed by atoms with Crippen LogP contribution in [0.25, 0.3) is 5.57 Å². The van der Waals surface area contributed by atoms with Crippen LogP contribution in [0, 0.1) is 11.8 Å². The lowest BCUT2D eigenvalue weighted by atomic mass is 9.92. The van der Waals surface area contributed by atoms with Crippen molar-refractivity contribution in [2.75, 3.05) is 13.2 Å². The molecule has 2 aliphatic heterocycles. The van der Waals surface area contributed by atoms with E-state index in [1.165, 1.54) is 0 Å². The van der Waals surface area contributed by atoms with Crippen molar-refractivity contribution < 1.29 is 9.47 Å². The normalized spacial score (nSPS) is 20.6. The summed E-state index contributed by atoms with van der Waals surface area (Å²) in [6, 6.07) is 21.0. The molecular formula is C26H30N2O2. The molecule has 0 saturated carbocycles. The Hall–Kier alpha value is -2.88. The van der Waals surface area contributed by atoms with E-state index >= 15 is 0 Å². The molecule has 2 aromatic carbocycles. The molecule has 0 bridgehead atoms. The lowest BCUT2D eigenvalue weighted by Crippen LogP contribution is -2.17. The number of ether oxygens (including phenoxy) is 2. The van der Waals surface area contributed by atoms with Gasteiger partial charge in [0.25, 0.3) is 0 Å². The Morgan fingerprint density at radius 3 is 1.40 bits per heavy atom. The molecule has 4 rings (SSSR count). The van der Waals surface area contributed by atoms with Gasteiger partial charge in [0.1, 0.15) is 18.8 Å². The smallest absolute Gasteiger partial charge is 0.222 e. The summed E-state index contributed by atoms with van der Waals surface area (Å²) in [7, 11) is 0. The van der Waals surface area contributed by atoms with Gasteiger partial charge in [-0.15, -0.1) is 0 Å². The molecule has 0 spiro atoms. The fraction of sp³-hybridized carbons (Fsp3) is 0.385. The predicted octanol–water partition coefficient (Wildman–Crippen LogP) is 5.40. The van der Waals surface area contributed by atoms with Gasteiger partial charge in [-0.2, -0.15) is 0 Å². The fourth-order valence-electron chi connectivity index (χ4n) is 3.71. The van der Waals surface area contributed by atoms with Gasteiger partial charge in [0, 0.05) is 5.57 Å². The van der Waals surface area contributed by atoms with Gasteiger partial charge in [0.15, 0.2) is 0 Å². The third-order valence-electron chi connectivity index (χ3n) is 5.69. The zero-order valence-corrected chi connectivity index (χ0v) is 18.2. The fourth-order valence-corrected chi connectivity index (χ4v) is 3.71. The van der Waals surface area contributed by atoms with Crippen molar-refractivity contribution in [1.82, 2.24) is 0 Å². The van der Waals surface area contributed by atoms with Gasteiger partial charge >= 0.3 is 0 Å². The third kappa shape index (κ3) is 4.18. The molecule has 0 aliphatic carbocycles. The Morgan fingerprint density at radius 1 is 0.667 bits per heavy atom. The molecule has 2 heterocycles. The maximum Gasteiger partial charge on any atom is 0.222 e. The average Bonchev–Trinajstić information content (AvgIpc) is 3.43. The highest BCUT2D eigenvalue weighted by Gasteiger charge is 2.34. The topological polar surface area (TPSA) is 43.2 Å². The molecule has 2 aliphatic rings. The Morgan fingerprint density at radius 2 is 1.07 bits per heavy atom. The highest BCUT2D eigenvalue weighted by molar-refractivity contribution is 6.26. The zero-order chi connectivity index (χ0) is 21.1. The largest absolute Gasteiger partial charge is 0.475 e. The van der Waals surface area contributed by atoms with E-state index in [0.717, 1.165) is 22.3 Å². The number of benzene rings is 2. The maximum absolute atomic E-state index is 6.15. The number of aliphatic imine (C=N–C) groups is 2. The lowest BCUT2D eigenvalue weighted by Gasteiger charge is -2.16. The van der Waals surface area contributed by atoms with E-state index in [9.17, 15) is 0 Å². The van der Waals surface area contributed by atoms with Crippen molar-refractivity contribution in [3.63, 3.8) is 0 Å². The average molecular weight is 403 g/mol. The van der Waals surface area contributed by atoms with Gasteiger partial charge in [-0.1, -0.05) is 88.4 Å². The van der Waals surface area contributed by atoms with Crippen molar-refractivity contribution in [3.8, 4) is 0 Å². The third-order valence-corrected chi connectivity index (χ3v) is 5.69. The van der Waals surface area contributed by atoms with Gasteiger partial charge < -0.3 is 9.47 Å². The number of nitrogens with zero attached hydrogens (tertiary/aromatic N) is 2. The van der Waals surface area contributed by atoms with Crippen LogP contribution in [-0.2, 0) is 9.47 Å². The molecule has 0 aromatic heterocycles. The number of hydrogen-bond acceptors (Lipinski definition) is 4. The first-order valence-electron chi connectivity index (χ1n) is 10.8. The van der Waals surface area contributed by atoms with Crippen molar-refractivity contribution in [3.05, 3.63) is 77.4 Å². The van der Waals surface area contributed by atoms with Crippen molar-refractivity contribution >= 4 is 17.4 Å². The Kier molecular flexibility index (Phi) is 6.03. The molecule has 0 fully saturated rings. The minimum Gasteiger partial charge on any atom is -0.475 e. The molecular weight excluding hydrogens is 372 g/mol. The van der Waals surface area contributed by atoms with Crippen LogP contribution in [-0.4, -0.2) is 37.1 Å². The molecule has 0 unspecified atom stereocenters. The van der Waals surface area contributed by atoms with Gasteiger partial charge in [-0.3, -0.25) is 0 Å². The van der Waals surface area contributed by atoms with Crippen LogP contribution in [0.2, 0.25) is 0 Å². The first kappa shape index (κ1) is 20.4. The van der Waals surface area contributed by atoms with Crippen LogP contribution in [0.5, 0.6) is 0 Å². The van der Waals surface area contributed by atoms with Gasteiger partial charge in [0.05, 0.1) is 12.1 Å². The van der Waals surface area contributed by atoms with Crippen molar-refractivity contribution in [2.45, 2.75) is 39.8 Å². The summed E-state index contributed by atoms with van der Waals surface area (Å²) in [6.45, 7) is 9.90. The lowest BCUT2D eigenvalue weighted by molar-refractivity contribution is 0.284. The van der Waals surface area contributed by atoms with E-state index in [2.05, 4.69) is 76.2 Å². The Labute approximate surface area is 179 Å². The summed E-state index contributed by atoms with van der Waals surface area (Å²) in [5.41, 5.74) is 4.09. The summed E-state index contributed by atoms with van der Waals surface area (Å²) in [5, 5.41) is 0. The molecule has 156 valence electrons. The van der Waals surface area contributed by atoms with E-state index in [1.54, 1.807) is 0 Å². The summed E-state index contributed by atoms with van der Waals surface area (Å²) >= 11 is 0. The molecule has 4 heteroatoms. The van der Waals surface area contributed by atoms with Crippen LogP contribution in [0.15, 0.2) is 76.2 Å². The second-order valence-electron chi connectivity index (χ2n) is 8.60. The maximum atomic E-state index is 6.15. The van der Waals surface area contributed by atoms with Crippen molar-refractivity contribution in [2.24, 2.45) is 21.8 Å². The number of hydrogen-bond donors (Lipinski definition) is 0. The summed E-state index contributed by atoms with van der Waals surface area (Å²) in [6.07, 6.45) is 0. The van der Waals surface area contributed by atoms with Gasteiger partial charge in [-0.05, 0) is 23.0 Å². The molecule has 2 aromatic rings. The van der Waals surface area contributed by atoms with Crippen LogP contribution in [0.1, 0.15) is 38.8 Å². The van der Waals surface area contributed by atoms with Gasteiger partial charge in [-0.25, -0.2) is 9.98 Å². The van der Waals surface area contributed by atoms with E-state index < -0.39 is 0 Å². The molecule has 0 saturated heterocycles. The van der Waals surface area contributed by atoms with E-state index in [-0.39, 0.29) is 12.1 Å². The molecule has 2 atom stereocenters. The predicted molar refractivity (Wildman–Crippen MR) is 123 cm³/mol. The molecule has 4 nitrogen and oxygen atoms in total. The number of rotatable bonds is 6. The summed E-state index contributed by atoms with van der Waals surface area (Å²) < 4.78 is 12.3. The monoisotopic (exact) mass is 402 g/mol. The van der Waals surface area contributed by atoms with E-state index in [1.807, 2.05) is 12.1 Å². The van der Waals surface area contributed by atoms with Crippen LogP contribution in [0.4, 0.5) is 0 Å². The second kappa shape index (κ2) is 8.86. The van der Waals surface area contributed by atoms with Crippen LogP contribution < -0.4 is 0 Å². The Bertz CT molecular complexity index is 882. The Balaban J connectivity index is 1.95. The standard InChI is InChI=1S/C26H30N2O2/c1-17(2)21-15-29-25(27-21)24(26-28-22(16-30-26)18(3)4)23(19-11-7-5-8-12-19)20-13-9-6-10-14-20/h5-14,17-18,21-22H,15-16H2,1-4H3/t21-,22-/m1/s1. The SMILES string of the molecule is CC(C)[C@H]1COC(C(C2=N[C@@H](C(C)C)CO2)=C(c2ccccc2)c2ccccc2)=N1. The van der Waals surface area contributed by atoms with Crippen LogP contribution >= 0.6 is 0 Å².